The maximum Gasteiger partial charge on any atom is 0.407 e. The second kappa shape index (κ2) is 9.22. The maximum atomic E-state index is 11.7. The van der Waals surface area contributed by atoms with Gasteiger partial charge in [-0.05, 0) is 58.2 Å². The van der Waals surface area contributed by atoms with E-state index in [4.69, 9.17) is 9.47 Å². The van der Waals surface area contributed by atoms with Gasteiger partial charge in [0.25, 0.3) is 0 Å². The van der Waals surface area contributed by atoms with Gasteiger partial charge in [-0.1, -0.05) is 34.7 Å². The molecule has 0 aromatic heterocycles. The predicted octanol–water partition coefficient (Wildman–Crippen LogP) is 4.35. The highest BCUT2D eigenvalue weighted by molar-refractivity contribution is 14.1. The molecule has 1 unspecified atom stereocenters. The van der Waals surface area contributed by atoms with Gasteiger partial charge >= 0.3 is 6.09 Å². The normalized spacial score (nSPS) is 12.6. The van der Waals surface area contributed by atoms with Crippen molar-refractivity contribution in [2.45, 2.75) is 52.2 Å². The highest BCUT2D eigenvalue weighted by Gasteiger charge is 2.17. The number of amides is 1. The zero-order chi connectivity index (χ0) is 16.6. The van der Waals surface area contributed by atoms with E-state index in [1.54, 1.807) is 0 Å². The molecule has 0 heterocycles. The molecular weight excluding hydrogens is 393 g/mol. The summed E-state index contributed by atoms with van der Waals surface area (Å²) in [5.74, 6) is 0.890. The lowest BCUT2D eigenvalue weighted by Gasteiger charge is -2.22. The summed E-state index contributed by atoms with van der Waals surface area (Å²) in [6.07, 6.45) is 1.44. The van der Waals surface area contributed by atoms with Crippen LogP contribution in [-0.2, 0) is 11.2 Å². The highest BCUT2D eigenvalue weighted by atomic mass is 127. The zero-order valence-electron chi connectivity index (χ0n) is 13.8. The van der Waals surface area contributed by atoms with E-state index in [0.717, 1.165) is 35.2 Å². The minimum absolute atomic E-state index is 0.0145. The molecule has 0 spiro atoms. The molecule has 0 fully saturated rings. The van der Waals surface area contributed by atoms with Gasteiger partial charge in [-0.3, -0.25) is 0 Å². The van der Waals surface area contributed by atoms with Crippen LogP contribution in [0, 0.1) is 0 Å². The molecule has 1 aromatic carbocycles. The molecule has 1 amide bonds. The minimum atomic E-state index is -0.471. The first-order chi connectivity index (χ1) is 10.3. The van der Waals surface area contributed by atoms with Gasteiger partial charge in [0.15, 0.2) is 0 Å². The third kappa shape index (κ3) is 8.46. The van der Waals surface area contributed by atoms with Crippen LogP contribution in [-0.4, -0.2) is 28.8 Å². The first-order valence-electron chi connectivity index (χ1n) is 7.57. The summed E-state index contributed by atoms with van der Waals surface area (Å²) in [5.41, 5.74) is 0.686. The Balaban J connectivity index is 2.41. The van der Waals surface area contributed by atoms with E-state index < -0.39 is 5.60 Å². The summed E-state index contributed by atoms with van der Waals surface area (Å²) in [4.78, 5) is 11.7. The van der Waals surface area contributed by atoms with E-state index in [2.05, 4.69) is 27.9 Å². The quantitative estimate of drug-likeness (QED) is 0.406. The van der Waals surface area contributed by atoms with Crippen molar-refractivity contribution in [3.63, 3.8) is 0 Å². The number of carbonyl (C=O) groups excluding carboxylic acids is 1. The van der Waals surface area contributed by atoms with Crippen LogP contribution in [0.3, 0.4) is 0 Å². The first-order valence-corrected chi connectivity index (χ1v) is 9.10. The van der Waals surface area contributed by atoms with Crippen LogP contribution >= 0.6 is 22.6 Å². The van der Waals surface area contributed by atoms with Gasteiger partial charge in [0, 0.05) is 10.5 Å². The maximum absolute atomic E-state index is 11.7. The summed E-state index contributed by atoms with van der Waals surface area (Å²) in [6, 6.07) is 8.03. The summed E-state index contributed by atoms with van der Waals surface area (Å²) in [7, 11) is 0. The Morgan fingerprint density at radius 1 is 1.27 bits per heavy atom. The standard InChI is InChI=1S/C17H26INO3/c1-13(19-16(20)22-17(2,3)4)12-14-6-8-15(9-7-14)21-11-5-10-18/h6-9,13H,5,10-12H2,1-4H3,(H,19,20). The summed E-state index contributed by atoms with van der Waals surface area (Å²) in [6.45, 7) is 8.28. The largest absolute Gasteiger partial charge is 0.494 e. The van der Waals surface area contributed by atoms with Crippen molar-refractivity contribution < 1.29 is 14.3 Å². The topological polar surface area (TPSA) is 47.6 Å². The highest BCUT2D eigenvalue weighted by Crippen LogP contribution is 2.14. The number of ether oxygens (including phenoxy) is 2. The molecule has 0 aliphatic heterocycles. The molecule has 0 saturated heterocycles. The number of alkyl halides is 1. The molecule has 4 nitrogen and oxygen atoms in total. The van der Waals surface area contributed by atoms with Crippen molar-refractivity contribution >= 4 is 28.7 Å². The van der Waals surface area contributed by atoms with E-state index in [9.17, 15) is 4.79 Å². The lowest BCUT2D eigenvalue weighted by molar-refractivity contribution is 0.0508. The number of nitrogens with one attached hydrogen (secondary N) is 1. The van der Waals surface area contributed by atoms with Crippen LogP contribution in [0.25, 0.3) is 0 Å². The number of halogens is 1. The fraction of sp³-hybridized carbons (Fsp3) is 0.588. The molecule has 1 atom stereocenters. The number of hydrogen-bond acceptors (Lipinski definition) is 3. The molecule has 0 bridgehead atoms. The molecule has 1 aromatic rings. The third-order valence-corrected chi connectivity index (χ3v) is 3.54. The second-order valence-electron chi connectivity index (χ2n) is 6.29. The van der Waals surface area contributed by atoms with E-state index in [0.29, 0.717) is 0 Å². The second-order valence-corrected chi connectivity index (χ2v) is 7.37. The Labute approximate surface area is 147 Å². The van der Waals surface area contributed by atoms with Crippen molar-refractivity contribution in [3.05, 3.63) is 29.8 Å². The third-order valence-electron chi connectivity index (χ3n) is 2.78. The van der Waals surface area contributed by atoms with Crippen molar-refractivity contribution in [3.8, 4) is 5.75 Å². The Kier molecular flexibility index (Phi) is 8.00. The van der Waals surface area contributed by atoms with Crippen LogP contribution in [0.2, 0.25) is 0 Å². The van der Waals surface area contributed by atoms with E-state index in [1.807, 2.05) is 52.0 Å². The van der Waals surface area contributed by atoms with Crippen LogP contribution in [0.5, 0.6) is 5.75 Å². The van der Waals surface area contributed by atoms with E-state index >= 15 is 0 Å². The lowest BCUT2D eigenvalue weighted by atomic mass is 10.1. The molecule has 124 valence electrons. The number of carbonyl (C=O) groups is 1. The van der Waals surface area contributed by atoms with Gasteiger partial charge in [0.05, 0.1) is 6.61 Å². The molecule has 0 saturated carbocycles. The SMILES string of the molecule is CC(Cc1ccc(OCCCI)cc1)NC(=O)OC(C)(C)C. The summed E-state index contributed by atoms with van der Waals surface area (Å²) < 4.78 is 12.0. The molecule has 22 heavy (non-hydrogen) atoms. The average Bonchev–Trinajstić information content (AvgIpc) is 2.38. The molecular formula is C17H26INO3. The monoisotopic (exact) mass is 419 g/mol. The van der Waals surface area contributed by atoms with Gasteiger partial charge in [-0.15, -0.1) is 0 Å². The zero-order valence-corrected chi connectivity index (χ0v) is 16.0. The van der Waals surface area contributed by atoms with Gasteiger partial charge in [-0.25, -0.2) is 4.79 Å². The molecule has 0 radical (unpaired) electrons. The van der Waals surface area contributed by atoms with Crippen molar-refractivity contribution in [2.75, 3.05) is 11.0 Å². The molecule has 1 rings (SSSR count). The van der Waals surface area contributed by atoms with Gasteiger partial charge < -0.3 is 14.8 Å². The van der Waals surface area contributed by atoms with Crippen molar-refractivity contribution in [1.82, 2.24) is 5.32 Å². The molecule has 5 heteroatoms. The van der Waals surface area contributed by atoms with Gasteiger partial charge in [0.1, 0.15) is 11.4 Å². The average molecular weight is 419 g/mol. The van der Waals surface area contributed by atoms with E-state index in [-0.39, 0.29) is 12.1 Å². The van der Waals surface area contributed by atoms with Crippen LogP contribution in [0.15, 0.2) is 24.3 Å². The number of alkyl carbamates (subject to hydrolysis) is 1. The minimum Gasteiger partial charge on any atom is -0.494 e. The predicted molar refractivity (Wildman–Crippen MR) is 98.0 cm³/mol. The van der Waals surface area contributed by atoms with Crippen molar-refractivity contribution in [1.29, 1.82) is 0 Å². The van der Waals surface area contributed by atoms with Crippen LogP contribution in [0.1, 0.15) is 39.7 Å². The van der Waals surface area contributed by atoms with Crippen molar-refractivity contribution in [2.24, 2.45) is 0 Å². The lowest BCUT2D eigenvalue weighted by Crippen LogP contribution is -2.38. The van der Waals surface area contributed by atoms with Crippen LogP contribution < -0.4 is 10.1 Å². The fourth-order valence-electron chi connectivity index (χ4n) is 1.88. The molecule has 0 aliphatic rings. The number of hydrogen-bond donors (Lipinski definition) is 1. The molecule has 1 N–H and O–H groups in total. The molecule has 0 aliphatic carbocycles. The Morgan fingerprint density at radius 3 is 2.45 bits per heavy atom. The Hall–Kier alpha value is -0.980. The smallest absolute Gasteiger partial charge is 0.407 e. The Bertz CT molecular complexity index is 454. The van der Waals surface area contributed by atoms with Gasteiger partial charge in [-0.2, -0.15) is 0 Å². The number of rotatable bonds is 7. The van der Waals surface area contributed by atoms with E-state index in [1.165, 1.54) is 0 Å². The fourth-order valence-corrected chi connectivity index (χ4v) is 2.19. The van der Waals surface area contributed by atoms with Crippen LogP contribution in [0.4, 0.5) is 4.79 Å². The number of benzene rings is 1. The summed E-state index contributed by atoms with van der Waals surface area (Å²) in [5, 5.41) is 2.85. The van der Waals surface area contributed by atoms with Gasteiger partial charge in [0.2, 0.25) is 0 Å². The Morgan fingerprint density at radius 2 is 1.91 bits per heavy atom. The first kappa shape index (κ1) is 19.1. The summed E-state index contributed by atoms with van der Waals surface area (Å²) >= 11 is 2.34.